The number of benzene rings is 2. The fourth-order valence-electron chi connectivity index (χ4n) is 2.61. The van der Waals surface area contributed by atoms with E-state index in [1.165, 1.54) is 22.5 Å². The Morgan fingerprint density at radius 3 is 2.73 bits per heavy atom. The predicted molar refractivity (Wildman–Crippen MR) is 89.6 cm³/mol. The normalized spacial score (nSPS) is 16.7. The maximum atomic E-state index is 12.1. The Hall–Kier alpha value is -1.99. The summed E-state index contributed by atoms with van der Waals surface area (Å²) >= 11 is 1.51. The van der Waals surface area contributed by atoms with E-state index in [4.69, 9.17) is 0 Å². The molecule has 0 radical (unpaired) electrons. The highest BCUT2D eigenvalue weighted by Crippen LogP contribution is 2.39. The van der Waals surface area contributed by atoms with E-state index in [-0.39, 0.29) is 5.91 Å². The van der Waals surface area contributed by atoms with Crippen LogP contribution in [0.5, 0.6) is 0 Å². The molecule has 4 heteroatoms. The lowest BCUT2D eigenvalue weighted by molar-refractivity contribution is -0.119. The number of rotatable bonds is 5. The van der Waals surface area contributed by atoms with Gasteiger partial charge in [-0.25, -0.2) is 0 Å². The molecule has 0 saturated heterocycles. The predicted octanol–water partition coefficient (Wildman–Crippen LogP) is 3.74. The monoisotopic (exact) mass is 310 g/mol. The van der Waals surface area contributed by atoms with Gasteiger partial charge in [-0.3, -0.25) is 4.79 Å². The lowest BCUT2D eigenvalue weighted by Crippen LogP contribution is -2.47. The molecule has 3 nitrogen and oxygen atoms in total. The van der Waals surface area contributed by atoms with E-state index in [1.807, 2.05) is 25.1 Å². The van der Waals surface area contributed by atoms with Crippen LogP contribution >= 0.6 is 11.8 Å². The standard InChI is InChI=1S/C18H18N2OS/c1-18(12-19,15-7-8-15)20-17(21)11-22-16-9-6-13-4-2-3-5-14(13)10-16/h2-6,9-10,15H,7-8,11H2,1H3,(H,20,21)/t18-/m1/s1. The molecule has 0 unspecified atom stereocenters. The van der Waals surface area contributed by atoms with Gasteiger partial charge < -0.3 is 5.32 Å². The average Bonchev–Trinajstić information content (AvgIpc) is 3.38. The number of nitrogens with one attached hydrogen (secondary N) is 1. The van der Waals surface area contributed by atoms with Crippen molar-refractivity contribution in [1.82, 2.24) is 5.32 Å². The van der Waals surface area contributed by atoms with Gasteiger partial charge in [0, 0.05) is 4.90 Å². The molecule has 2 aromatic carbocycles. The van der Waals surface area contributed by atoms with Gasteiger partial charge in [-0.15, -0.1) is 11.8 Å². The number of thioether (sulfide) groups is 1. The highest BCUT2D eigenvalue weighted by Gasteiger charge is 2.42. The Balaban J connectivity index is 1.61. The highest BCUT2D eigenvalue weighted by atomic mass is 32.2. The smallest absolute Gasteiger partial charge is 0.231 e. The Morgan fingerprint density at radius 1 is 1.32 bits per heavy atom. The van der Waals surface area contributed by atoms with Crippen molar-refractivity contribution in [2.45, 2.75) is 30.2 Å². The fraction of sp³-hybridized carbons (Fsp3) is 0.333. The van der Waals surface area contributed by atoms with E-state index in [0.717, 1.165) is 17.7 Å². The summed E-state index contributed by atoms with van der Waals surface area (Å²) in [5, 5.41) is 14.5. The minimum Gasteiger partial charge on any atom is -0.337 e. The van der Waals surface area contributed by atoms with Crippen LogP contribution in [0, 0.1) is 17.2 Å². The second kappa shape index (κ2) is 6.02. The molecule has 3 rings (SSSR count). The molecule has 1 atom stereocenters. The van der Waals surface area contributed by atoms with Crippen molar-refractivity contribution in [2.75, 3.05) is 5.75 Å². The van der Waals surface area contributed by atoms with Gasteiger partial charge in [0.25, 0.3) is 0 Å². The number of carbonyl (C=O) groups is 1. The van der Waals surface area contributed by atoms with Gasteiger partial charge in [-0.05, 0) is 48.6 Å². The van der Waals surface area contributed by atoms with Gasteiger partial charge in [0.15, 0.2) is 0 Å². The first-order valence-electron chi connectivity index (χ1n) is 7.44. The molecule has 0 spiro atoms. The maximum absolute atomic E-state index is 12.1. The molecule has 1 fully saturated rings. The van der Waals surface area contributed by atoms with Crippen molar-refractivity contribution < 1.29 is 4.79 Å². The van der Waals surface area contributed by atoms with Crippen LogP contribution in [0.25, 0.3) is 10.8 Å². The molecule has 22 heavy (non-hydrogen) atoms. The molecule has 2 aromatic rings. The summed E-state index contributed by atoms with van der Waals surface area (Å²) in [6, 6.07) is 16.6. The highest BCUT2D eigenvalue weighted by molar-refractivity contribution is 8.00. The Morgan fingerprint density at radius 2 is 2.05 bits per heavy atom. The van der Waals surface area contributed by atoms with E-state index in [9.17, 15) is 10.1 Å². The van der Waals surface area contributed by atoms with Crippen LogP contribution in [0.2, 0.25) is 0 Å². The number of carbonyl (C=O) groups excluding carboxylic acids is 1. The molecular formula is C18H18N2OS. The number of amides is 1. The van der Waals surface area contributed by atoms with E-state index in [2.05, 4.69) is 35.7 Å². The van der Waals surface area contributed by atoms with E-state index in [1.54, 1.807) is 0 Å². The minimum absolute atomic E-state index is 0.0749. The first kappa shape index (κ1) is 14.9. The SMILES string of the molecule is C[C@](C#N)(NC(=O)CSc1ccc2ccccc2c1)C1CC1. The molecule has 0 bridgehead atoms. The quantitative estimate of drug-likeness (QED) is 0.856. The van der Waals surface area contributed by atoms with Crippen molar-refractivity contribution in [3.05, 3.63) is 42.5 Å². The zero-order chi connectivity index (χ0) is 15.6. The molecule has 0 aliphatic heterocycles. The van der Waals surface area contributed by atoms with Crippen LogP contribution in [-0.4, -0.2) is 17.2 Å². The lowest BCUT2D eigenvalue weighted by Gasteiger charge is -2.22. The summed E-state index contributed by atoms with van der Waals surface area (Å²) in [5.41, 5.74) is -0.707. The summed E-state index contributed by atoms with van der Waals surface area (Å²) in [4.78, 5) is 13.2. The third-order valence-corrected chi connectivity index (χ3v) is 5.11. The first-order chi connectivity index (χ1) is 10.6. The molecule has 1 saturated carbocycles. The summed E-state index contributed by atoms with van der Waals surface area (Å²) in [6.45, 7) is 1.82. The zero-order valence-corrected chi connectivity index (χ0v) is 13.3. The molecule has 0 heterocycles. The topological polar surface area (TPSA) is 52.9 Å². The second-order valence-electron chi connectivity index (χ2n) is 5.93. The van der Waals surface area contributed by atoms with Crippen LogP contribution < -0.4 is 5.32 Å². The van der Waals surface area contributed by atoms with Crippen LogP contribution in [0.1, 0.15) is 19.8 Å². The number of hydrogen-bond acceptors (Lipinski definition) is 3. The second-order valence-corrected chi connectivity index (χ2v) is 6.98. The van der Waals surface area contributed by atoms with Crippen molar-refractivity contribution in [2.24, 2.45) is 5.92 Å². The summed E-state index contributed by atoms with van der Waals surface area (Å²) in [5.74, 6) is 0.573. The lowest BCUT2D eigenvalue weighted by atomic mass is 9.98. The van der Waals surface area contributed by atoms with Crippen LogP contribution in [-0.2, 0) is 4.79 Å². The van der Waals surface area contributed by atoms with E-state index < -0.39 is 5.54 Å². The third kappa shape index (κ3) is 3.26. The summed E-state index contributed by atoms with van der Waals surface area (Å²) in [7, 11) is 0. The summed E-state index contributed by atoms with van der Waals surface area (Å²) in [6.07, 6.45) is 2.06. The molecule has 1 amide bonds. The van der Waals surface area contributed by atoms with Crippen LogP contribution in [0.4, 0.5) is 0 Å². The van der Waals surface area contributed by atoms with Gasteiger partial charge in [-0.2, -0.15) is 5.26 Å². The number of nitriles is 1. The van der Waals surface area contributed by atoms with Gasteiger partial charge in [0.2, 0.25) is 5.91 Å². The Kier molecular flexibility index (Phi) is 4.08. The van der Waals surface area contributed by atoms with Crippen molar-refractivity contribution in [1.29, 1.82) is 5.26 Å². The Labute approximate surface area is 134 Å². The zero-order valence-electron chi connectivity index (χ0n) is 12.5. The first-order valence-corrected chi connectivity index (χ1v) is 8.43. The van der Waals surface area contributed by atoms with Gasteiger partial charge in [0.1, 0.15) is 5.54 Å². The van der Waals surface area contributed by atoms with Gasteiger partial charge >= 0.3 is 0 Å². The van der Waals surface area contributed by atoms with E-state index in [0.29, 0.717) is 11.7 Å². The Bertz CT molecular complexity index is 748. The van der Waals surface area contributed by atoms with Crippen LogP contribution in [0.3, 0.4) is 0 Å². The minimum atomic E-state index is -0.707. The largest absolute Gasteiger partial charge is 0.337 e. The number of fused-ring (bicyclic) bond motifs is 1. The molecule has 1 aliphatic rings. The van der Waals surface area contributed by atoms with E-state index >= 15 is 0 Å². The maximum Gasteiger partial charge on any atom is 0.231 e. The van der Waals surface area contributed by atoms with Crippen molar-refractivity contribution in [3.8, 4) is 6.07 Å². The number of nitrogens with zero attached hydrogens (tertiary/aromatic N) is 1. The molecule has 0 aromatic heterocycles. The molecule has 1 aliphatic carbocycles. The van der Waals surface area contributed by atoms with Gasteiger partial charge in [0.05, 0.1) is 11.8 Å². The summed E-state index contributed by atoms with van der Waals surface area (Å²) < 4.78 is 0. The third-order valence-electron chi connectivity index (χ3n) is 4.12. The molecule has 1 N–H and O–H groups in total. The molecule has 112 valence electrons. The van der Waals surface area contributed by atoms with Gasteiger partial charge in [-0.1, -0.05) is 30.3 Å². The molecular weight excluding hydrogens is 292 g/mol. The number of hydrogen-bond donors (Lipinski definition) is 1. The van der Waals surface area contributed by atoms with Crippen molar-refractivity contribution >= 4 is 28.4 Å². The van der Waals surface area contributed by atoms with Crippen molar-refractivity contribution in [3.63, 3.8) is 0 Å². The fourth-order valence-corrected chi connectivity index (χ4v) is 3.36. The van der Waals surface area contributed by atoms with Crippen LogP contribution in [0.15, 0.2) is 47.4 Å². The average molecular weight is 310 g/mol.